The Morgan fingerprint density at radius 3 is 2.54 bits per heavy atom. The van der Waals surface area contributed by atoms with Crippen LogP contribution in [0.1, 0.15) is 23.2 Å². The Labute approximate surface area is 206 Å². The third-order valence-corrected chi connectivity index (χ3v) is 5.57. The summed E-state index contributed by atoms with van der Waals surface area (Å²) in [5.74, 6) is -0.171. The summed E-state index contributed by atoms with van der Waals surface area (Å²) in [4.78, 5) is 38.9. The van der Waals surface area contributed by atoms with Crippen LogP contribution in [0.2, 0.25) is 5.02 Å². The summed E-state index contributed by atoms with van der Waals surface area (Å²) >= 11 is 5.86. The number of nitrogens with one attached hydrogen (secondary N) is 1. The molecule has 0 atom stereocenters. The molecule has 9 heteroatoms. The van der Waals surface area contributed by atoms with Gasteiger partial charge in [0.05, 0.1) is 5.69 Å². The highest BCUT2D eigenvalue weighted by molar-refractivity contribution is 6.30. The van der Waals surface area contributed by atoms with Crippen molar-refractivity contribution in [3.63, 3.8) is 0 Å². The maximum absolute atomic E-state index is 13.0. The van der Waals surface area contributed by atoms with Crippen molar-refractivity contribution in [2.75, 3.05) is 30.0 Å². The van der Waals surface area contributed by atoms with Crippen LogP contribution < -0.4 is 19.7 Å². The molecular formula is C26H22ClFN2O5. The number of hydrogen-bond donors (Lipinski definition) is 1. The van der Waals surface area contributed by atoms with Gasteiger partial charge in [0.2, 0.25) is 5.91 Å². The first kappa shape index (κ1) is 24.2. The second kappa shape index (κ2) is 11.0. The van der Waals surface area contributed by atoms with Gasteiger partial charge in [-0.2, -0.15) is 0 Å². The second-order valence-electron chi connectivity index (χ2n) is 7.84. The molecule has 3 aromatic rings. The predicted molar refractivity (Wildman–Crippen MR) is 130 cm³/mol. The van der Waals surface area contributed by atoms with Crippen LogP contribution in [0.25, 0.3) is 0 Å². The van der Waals surface area contributed by atoms with Gasteiger partial charge in [0, 0.05) is 29.2 Å². The molecule has 0 bridgehead atoms. The molecule has 0 radical (unpaired) electrons. The largest absolute Gasteiger partial charge is 0.485 e. The number of ketones is 1. The summed E-state index contributed by atoms with van der Waals surface area (Å²) in [6, 6.07) is 17.0. The molecule has 0 fully saturated rings. The number of halogens is 2. The highest BCUT2D eigenvalue weighted by Crippen LogP contribution is 2.33. The molecule has 0 aliphatic carbocycles. The molecule has 1 heterocycles. The van der Waals surface area contributed by atoms with E-state index in [0.717, 1.165) is 0 Å². The quantitative estimate of drug-likeness (QED) is 0.426. The third kappa shape index (κ3) is 6.36. The number of ether oxygens (including phenoxy) is 2. The molecule has 0 saturated carbocycles. The SMILES string of the molecule is O=C(CCCN1C(=O)COc2ccc(C(=O)COc3ccc(Cl)cc3)cc21)Nc1ccc(F)cc1. The Morgan fingerprint density at radius 1 is 1.06 bits per heavy atom. The number of carbonyl (C=O) groups is 3. The average Bonchev–Trinajstić information content (AvgIpc) is 2.86. The maximum Gasteiger partial charge on any atom is 0.265 e. The molecule has 3 aromatic carbocycles. The van der Waals surface area contributed by atoms with Crippen molar-refractivity contribution in [3.05, 3.63) is 83.1 Å². The highest BCUT2D eigenvalue weighted by atomic mass is 35.5. The van der Waals surface area contributed by atoms with E-state index in [1.807, 2.05) is 0 Å². The number of carbonyl (C=O) groups excluding carboxylic acids is 3. The van der Waals surface area contributed by atoms with Crippen LogP contribution in [0, 0.1) is 5.82 Å². The molecule has 7 nitrogen and oxygen atoms in total. The fourth-order valence-corrected chi connectivity index (χ4v) is 3.66. The Balaban J connectivity index is 1.37. The lowest BCUT2D eigenvalue weighted by Gasteiger charge is -2.29. The fraction of sp³-hybridized carbons (Fsp3) is 0.192. The zero-order chi connectivity index (χ0) is 24.8. The highest BCUT2D eigenvalue weighted by Gasteiger charge is 2.26. The van der Waals surface area contributed by atoms with Crippen LogP contribution in [-0.2, 0) is 9.59 Å². The average molecular weight is 497 g/mol. The number of hydrogen-bond acceptors (Lipinski definition) is 5. The number of fused-ring (bicyclic) bond motifs is 1. The van der Waals surface area contributed by atoms with E-state index in [9.17, 15) is 18.8 Å². The summed E-state index contributed by atoms with van der Waals surface area (Å²) in [7, 11) is 0. The van der Waals surface area contributed by atoms with Crippen molar-refractivity contribution in [1.29, 1.82) is 0 Å². The normalized spacial score (nSPS) is 12.5. The van der Waals surface area contributed by atoms with Gasteiger partial charge in [-0.3, -0.25) is 14.4 Å². The Hall–Kier alpha value is -3.91. The van der Waals surface area contributed by atoms with Crippen molar-refractivity contribution in [2.45, 2.75) is 12.8 Å². The number of benzene rings is 3. The van der Waals surface area contributed by atoms with Crippen molar-refractivity contribution in [2.24, 2.45) is 0 Å². The number of rotatable bonds is 9. The van der Waals surface area contributed by atoms with E-state index >= 15 is 0 Å². The summed E-state index contributed by atoms with van der Waals surface area (Å²) in [5.41, 5.74) is 1.33. The molecule has 1 aliphatic rings. The van der Waals surface area contributed by atoms with Crippen molar-refractivity contribution >= 4 is 40.6 Å². The lowest BCUT2D eigenvalue weighted by molar-refractivity contribution is -0.121. The molecule has 2 amide bonds. The van der Waals surface area contributed by atoms with Gasteiger partial charge in [0.25, 0.3) is 5.91 Å². The van der Waals surface area contributed by atoms with Crippen LogP contribution in [0.5, 0.6) is 11.5 Å². The lowest BCUT2D eigenvalue weighted by Crippen LogP contribution is -2.39. The van der Waals surface area contributed by atoms with E-state index in [1.54, 1.807) is 42.5 Å². The zero-order valence-corrected chi connectivity index (χ0v) is 19.4. The molecular weight excluding hydrogens is 475 g/mol. The predicted octanol–water partition coefficient (Wildman–Crippen LogP) is 4.89. The zero-order valence-electron chi connectivity index (χ0n) is 18.6. The number of amides is 2. The van der Waals surface area contributed by atoms with Gasteiger partial charge >= 0.3 is 0 Å². The van der Waals surface area contributed by atoms with Crippen LogP contribution in [0.15, 0.2) is 66.7 Å². The minimum atomic E-state index is -0.387. The lowest BCUT2D eigenvalue weighted by atomic mass is 10.1. The first-order valence-corrected chi connectivity index (χ1v) is 11.3. The topological polar surface area (TPSA) is 84.9 Å². The monoisotopic (exact) mass is 496 g/mol. The summed E-state index contributed by atoms with van der Waals surface area (Å²) in [6.45, 7) is -0.0362. The maximum atomic E-state index is 13.0. The van der Waals surface area contributed by atoms with E-state index in [2.05, 4.69) is 5.32 Å². The molecule has 35 heavy (non-hydrogen) atoms. The molecule has 0 saturated heterocycles. The van der Waals surface area contributed by atoms with Crippen LogP contribution in [0.3, 0.4) is 0 Å². The van der Waals surface area contributed by atoms with E-state index in [4.69, 9.17) is 21.1 Å². The van der Waals surface area contributed by atoms with Gasteiger partial charge in [-0.1, -0.05) is 11.6 Å². The molecule has 0 spiro atoms. The minimum absolute atomic E-state index is 0.123. The summed E-state index contributed by atoms with van der Waals surface area (Å²) in [5, 5.41) is 3.26. The number of anilines is 2. The van der Waals surface area contributed by atoms with Gasteiger partial charge in [-0.05, 0) is 73.2 Å². The van der Waals surface area contributed by atoms with Crippen LogP contribution >= 0.6 is 11.6 Å². The Bertz CT molecular complexity index is 1230. The first-order chi connectivity index (χ1) is 16.9. The number of nitrogens with zero attached hydrogens (tertiary/aromatic N) is 1. The van der Waals surface area contributed by atoms with Gasteiger partial charge in [-0.15, -0.1) is 0 Å². The molecule has 180 valence electrons. The molecule has 1 aliphatic heterocycles. The van der Waals surface area contributed by atoms with E-state index in [1.165, 1.54) is 29.2 Å². The van der Waals surface area contributed by atoms with Gasteiger partial charge in [-0.25, -0.2) is 4.39 Å². The van der Waals surface area contributed by atoms with Gasteiger partial charge < -0.3 is 19.7 Å². The summed E-state index contributed by atoms with van der Waals surface area (Å²) in [6.07, 6.45) is 0.543. The summed E-state index contributed by atoms with van der Waals surface area (Å²) < 4.78 is 24.0. The standard InChI is InChI=1S/C26H22ClFN2O5/c27-18-4-10-21(11-5-18)34-15-23(31)17-3-12-24-22(14-17)30(26(33)16-35-24)13-1-2-25(32)29-20-8-6-19(28)7-9-20/h3-12,14H,1-2,13,15-16H2,(H,29,32). The third-order valence-electron chi connectivity index (χ3n) is 5.32. The first-order valence-electron chi connectivity index (χ1n) is 10.9. The van der Waals surface area contributed by atoms with Gasteiger partial charge in [0.15, 0.2) is 19.0 Å². The van der Waals surface area contributed by atoms with Crippen molar-refractivity contribution < 1.29 is 28.2 Å². The Kier molecular flexibility index (Phi) is 7.62. The number of Topliss-reactive ketones (excluding diaryl/α,β-unsaturated/α-hetero) is 1. The molecule has 0 unspecified atom stereocenters. The van der Waals surface area contributed by atoms with Crippen LogP contribution in [0.4, 0.5) is 15.8 Å². The molecule has 1 N–H and O–H groups in total. The minimum Gasteiger partial charge on any atom is -0.485 e. The smallest absolute Gasteiger partial charge is 0.265 e. The van der Waals surface area contributed by atoms with E-state index < -0.39 is 0 Å². The van der Waals surface area contributed by atoms with Crippen molar-refractivity contribution in [3.8, 4) is 11.5 Å². The Morgan fingerprint density at radius 2 is 1.80 bits per heavy atom. The second-order valence-corrected chi connectivity index (χ2v) is 8.28. The molecule has 0 aromatic heterocycles. The fourth-order valence-electron chi connectivity index (χ4n) is 3.54. The van der Waals surface area contributed by atoms with E-state index in [-0.39, 0.29) is 49.6 Å². The van der Waals surface area contributed by atoms with Crippen LogP contribution in [-0.4, -0.2) is 37.4 Å². The van der Waals surface area contributed by atoms with Crippen molar-refractivity contribution in [1.82, 2.24) is 0 Å². The molecule has 4 rings (SSSR count). The van der Waals surface area contributed by atoms with E-state index in [0.29, 0.717) is 39.9 Å². The van der Waals surface area contributed by atoms with Gasteiger partial charge in [0.1, 0.15) is 17.3 Å².